The van der Waals surface area contributed by atoms with Gasteiger partial charge in [-0.3, -0.25) is 9.59 Å². The molecule has 1 aromatic carbocycles. The van der Waals surface area contributed by atoms with E-state index in [1.807, 2.05) is 30.3 Å². The van der Waals surface area contributed by atoms with Crippen LogP contribution in [0.25, 0.3) is 0 Å². The van der Waals surface area contributed by atoms with Gasteiger partial charge in [0.25, 0.3) is 0 Å². The summed E-state index contributed by atoms with van der Waals surface area (Å²) >= 11 is 0. The van der Waals surface area contributed by atoms with Crippen LogP contribution in [0.15, 0.2) is 53.1 Å². The highest BCUT2D eigenvalue weighted by atomic mass is 16.4. The quantitative estimate of drug-likeness (QED) is 0.820. The number of carboxylic acid groups (broad SMARTS) is 1. The van der Waals surface area contributed by atoms with Gasteiger partial charge in [0.05, 0.1) is 19.2 Å². The average Bonchev–Trinajstić information content (AvgIpc) is 2.98. The zero-order chi connectivity index (χ0) is 15.1. The second-order valence-corrected chi connectivity index (χ2v) is 4.77. The molecule has 0 bridgehead atoms. The van der Waals surface area contributed by atoms with Crippen molar-refractivity contribution in [1.82, 2.24) is 5.32 Å². The van der Waals surface area contributed by atoms with Gasteiger partial charge in [-0.05, 0) is 17.7 Å². The van der Waals surface area contributed by atoms with Crippen molar-refractivity contribution in [2.24, 2.45) is 0 Å². The minimum atomic E-state index is -0.914. The molecule has 0 radical (unpaired) electrons. The van der Waals surface area contributed by atoms with Crippen LogP contribution in [0.2, 0.25) is 0 Å². The van der Waals surface area contributed by atoms with Crippen LogP contribution >= 0.6 is 0 Å². The summed E-state index contributed by atoms with van der Waals surface area (Å²) < 4.78 is 5.13. The summed E-state index contributed by atoms with van der Waals surface area (Å²) in [7, 11) is 0. The Morgan fingerprint density at radius 3 is 2.48 bits per heavy atom. The van der Waals surface area contributed by atoms with Gasteiger partial charge in [0.1, 0.15) is 5.76 Å². The Morgan fingerprint density at radius 1 is 1.10 bits per heavy atom. The second-order valence-electron chi connectivity index (χ2n) is 4.77. The monoisotopic (exact) mass is 287 g/mol. The molecule has 0 fully saturated rings. The van der Waals surface area contributed by atoms with Crippen molar-refractivity contribution in [3.63, 3.8) is 0 Å². The molecule has 0 saturated carbocycles. The van der Waals surface area contributed by atoms with E-state index in [1.165, 1.54) is 0 Å². The Hall–Kier alpha value is -2.56. The molecule has 0 aliphatic carbocycles. The summed E-state index contributed by atoms with van der Waals surface area (Å²) in [5.74, 6) is -0.776. The molecular formula is C16H17NO4. The number of nitrogens with one attached hydrogen (secondary N) is 1. The summed E-state index contributed by atoms with van der Waals surface area (Å²) in [6.07, 6.45) is 1.61. The van der Waals surface area contributed by atoms with E-state index in [4.69, 9.17) is 9.52 Å². The molecule has 1 heterocycles. The maximum absolute atomic E-state index is 12.0. The van der Waals surface area contributed by atoms with Crippen LogP contribution in [0.1, 0.15) is 30.1 Å². The molecule has 2 aromatic rings. The molecule has 1 amide bonds. The van der Waals surface area contributed by atoms with Gasteiger partial charge >= 0.3 is 5.97 Å². The molecule has 0 spiro atoms. The number of hydrogen-bond donors (Lipinski definition) is 2. The number of amides is 1. The number of benzene rings is 1. The summed E-state index contributed by atoms with van der Waals surface area (Å²) in [6, 6.07) is 12.7. The molecule has 5 heteroatoms. The number of aliphatic carboxylic acids is 1. The number of carbonyl (C=O) groups excluding carboxylic acids is 1. The third-order valence-electron chi connectivity index (χ3n) is 3.16. The van der Waals surface area contributed by atoms with Crippen LogP contribution in [0.4, 0.5) is 0 Å². The van der Waals surface area contributed by atoms with Crippen molar-refractivity contribution >= 4 is 11.9 Å². The smallest absolute Gasteiger partial charge is 0.303 e. The van der Waals surface area contributed by atoms with Gasteiger partial charge in [-0.2, -0.15) is 0 Å². The zero-order valence-corrected chi connectivity index (χ0v) is 11.5. The van der Waals surface area contributed by atoms with E-state index in [0.29, 0.717) is 12.3 Å². The Bertz CT molecular complexity index is 578. The van der Waals surface area contributed by atoms with Crippen molar-refractivity contribution in [2.75, 3.05) is 0 Å². The highest BCUT2D eigenvalue weighted by Gasteiger charge is 2.19. The van der Waals surface area contributed by atoms with E-state index in [9.17, 15) is 9.59 Å². The lowest BCUT2D eigenvalue weighted by Crippen LogP contribution is -2.25. The van der Waals surface area contributed by atoms with Crippen LogP contribution in [0, 0.1) is 0 Å². The Morgan fingerprint density at radius 2 is 1.86 bits per heavy atom. The highest BCUT2D eigenvalue weighted by Crippen LogP contribution is 2.23. The van der Waals surface area contributed by atoms with E-state index >= 15 is 0 Å². The first-order chi connectivity index (χ1) is 10.1. The SMILES string of the molecule is O=C(O)C[C@H](CC(=O)NCc1ccco1)c1ccccc1. The molecule has 1 aromatic heterocycles. The molecule has 0 aliphatic heterocycles. The predicted molar refractivity (Wildman–Crippen MR) is 76.6 cm³/mol. The largest absolute Gasteiger partial charge is 0.481 e. The standard InChI is InChI=1S/C16H17NO4/c18-15(17-11-14-7-4-8-21-14)9-13(10-16(19)20)12-5-2-1-3-6-12/h1-8,13H,9-11H2,(H,17,18)(H,19,20)/t13-/m0/s1. The van der Waals surface area contributed by atoms with Crippen LogP contribution in [0.5, 0.6) is 0 Å². The first-order valence-electron chi connectivity index (χ1n) is 6.71. The fourth-order valence-electron chi connectivity index (χ4n) is 2.14. The number of furan rings is 1. The van der Waals surface area contributed by atoms with Crippen molar-refractivity contribution in [3.8, 4) is 0 Å². The molecular weight excluding hydrogens is 270 g/mol. The van der Waals surface area contributed by atoms with E-state index in [-0.39, 0.29) is 24.7 Å². The number of carboxylic acids is 1. The first-order valence-corrected chi connectivity index (χ1v) is 6.71. The minimum absolute atomic E-state index is 0.0712. The molecule has 0 unspecified atom stereocenters. The Kier molecular flexibility index (Phi) is 5.15. The lowest BCUT2D eigenvalue weighted by atomic mass is 9.92. The molecule has 0 aliphatic rings. The lowest BCUT2D eigenvalue weighted by Gasteiger charge is -2.15. The molecule has 2 rings (SSSR count). The van der Waals surface area contributed by atoms with Crippen molar-refractivity contribution < 1.29 is 19.1 Å². The van der Waals surface area contributed by atoms with Gasteiger partial charge in [-0.1, -0.05) is 30.3 Å². The Balaban J connectivity index is 1.94. The van der Waals surface area contributed by atoms with Crippen LogP contribution < -0.4 is 5.32 Å². The maximum atomic E-state index is 12.0. The second kappa shape index (κ2) is 7.28. The number of hydrogen-bond acceptors (Lipinski definition) is 3. The molecule has 1 atom stereocenters. The third-order valence-corrected chi connectivity index (χ3v) is 3.16. The number of carbonyl (C=O) groups is 2. The first kappa shape index (κ1) is 14.8. The number of rotatable bonds is 7. The molecule has 0 saturated heterocycles. The molecule has 110 valence electrons. The van der Waals surface area contributed by atoms with Gasteiger partial charge in [-0.15, -0.1) is 0 Å². The van der Waals surface area contributed by atoms with Gasteiger partial charge in [0.15, 0.2) is 0 Å². The normalized spacial score (nSPS) is 11.8. The van der Waals surface area contributed by atoms with Gasteiger partial charge in [-0.25, -0.2) is 0 Å². The average molecular weight is 287 g/mol. The topological polar surface area (TPSA) is 79.5 Å². The minimum Gasteiger partial charge on any atom is -0.481 e. The zero-order valence-electron chi connectivity index (χ0n) is 11.5. The van der Waals surface area contributed by atoms with Crippen LogP contribution in [-0.4, -0.2) is 17.0 Å². The fraction of sp³-hybridized carbons (Fsp3) is 0.250. The third kappa shape index (κ3) is 4.80. The molecule has 5 nitrogen and oxygen atoms in total. The fourth-order valence-corrected chi connectivity index (χ4v) is 2.14. The lowest BCUT2D eigenvalue weighted by molar-refractivity contribution is -0.137. The van der Waals surface area contributed by atoms with E-state index < -0.39 is 5.97 Å². The molecule has 2 N–H and O–H groups in total. The van der Waals surface area contributed by atoms with Gasteiger partial charge in [0, 0.05) is 12.3 Å². The summed E-state index contributed by atoms with van der Waals surface area (Å²) in [4.78, 5) is 22.9. The molecule has 21 heavy (non-hydrogen) atoms. The summed E-state index contributed by atoms with van der Waals surface area (Å²) in [5, 5.41) is 11.7. The van der Waals surface area contributed by atoms with E-state index in [1.54, 1.807) is 18.4 Å². The summed E-state index contributed by atoms with van der Waals surface area (Å²) in [6.45, 7) is 0.306. The van der Waals surface area contributed by atoms with Crippen molar-refractivity contribution in [2.45, 2.75) is 25.3 Å². The van der Waals surface area contributed by atoms with E-state index in [2.05, 4.69) is 5.32 Å². The predicted octanol–water partition coefficient (Wildman–Crippen LogP) is 2.54. The van der Waals surface area contributed by atoms with Gasteiger partial charge in [0.2, 0.25) is 5.91 Å². The highest BCUT2D eigenvalue weighted by molar-refractivity contribution is 5.78. The van der Waals surface area contributed by atoms with Crippen molar-refractivity contribution in [3.05, 3.63) is 60.1 Å². The van der Waals surface area contributed by atoms with Crippen LogP contribution in [-0.2, 0) is 16.1 Å². The Labute approximate surface area is 122 Å². The van der Waals surface area contributed by atoms with Gasteiger partial charge < -0.3 is 14.8 Å². The van der Waals surface area contributed by atoms with Crippen LogP contribution in [0.3, 0.4) is 0 Å². The summed E-state index contributed by atoms with van der Waals surface area (Å²) in [5.41, 5.74) is 0.855. The van der Waals surface area contributed by atoms with Crippen molar-refractivity contribution in [1.29, 1.82) is 0 Å². The maximum Gasteiger partial charge on any atom is 0.303 e. The van der Waals surface area contributed by atoms with E-state index in [0.717, 1.165) is 5.56 Å².